The molecule has 0 spiro atoms. The fourth-order valence-electron chi connectivity index (χ4n) is 3.22. The van der Waals surface area contributed by atoms with Crippen molar-refractivity contribution in [2.75, 3.05) is 0 Å². The molecule has 20 heavy (non-hydrogen) atoms. The van der Waals surface area contributed by atoms with Crippen LogP contribution in [0.2, 0.25) is 0 Å². The lowest BCUT2D eigenvalue weighted by atomic mass is 9.82. The van der Waals surface area contributed by atoms with Gasteiger partial charge in [-0.1, -0.05) is 6.07 Å². The van der Waals surface area contributed by atoms with Crippen LogP contribution in [0.5, 0.6) is 0 Å². The van der Waals surface area contributed by atoms with E-state index in [4.69, 9.17) is 0 Å². The van der Waals surface area contributed by atoms with E-state index in [-0.39, 0.29) is 5.92 Å². The molecule has 2 aromatic heterocycles. The molecule has 1 aliphatic carbocycles. The Labute approximate surface area is 119 Å². The Hall–Kier alpha value is -1.68. The Morgan fingerprint density at radius 1 is 1.50 bits per heavy atom. The number of aliphatic hydroxyl groups is 1. The molecule has 1 N–H and O–H groups in total. The van der Waals surface area contributed by atoms with E-state index in [0.717, 1.165) is 42.9 Å². The highest BCUT2D eigenvalue weighted by Gasteiger charge is 2.30. The molecule has 106 valence electrons. The quantitative estimate of drug-likeness (QED) is 0.934. The van der Waals surface area contributed by atoms with Gasteiger partial charge in [-0.05, 0) is 50.8 Å². The molecule has 0 bridgehead atoms. The van der Waals surface area contributed by atoms with Gasteiger partial charge in [-0.3, -0.25) is 9.67 Å². The highest BCUT2D eigenvalue weighted by molar-refractivity contribution is 5.29. The van der Waals surface area contributed by atoms with E-state index in [2.05, 4.69) is 23.1 Å². The van der Waals surface area contributed by atoms with Gasteiger partial charge in [0, 0.05) is 24.4 Å². The molecule has 4 nitrogen and oxygen atoms in total. The topological polar surface area (TPSA) is 50.9 Å². The van der Waals surface area contributed by atoms with Crippen LogP contribution in [0.4, 0.5) is 0 Å². The van der Waals surface area contributed by atoms with Crippen molar-refractivity contribution >= 4 is 0 Å². The minimum atomic E-state index is -0.523. The van der Waals surface area contributed by atoms with Crippen molar-refractivity contribution in [3.05, 3.63) is 47.0 Å². The number of fused-ring (bicyclic) bond motifs is 1. The second kappa shape index (κ2) is 5.37. The van der Waals surface area contributed by atoms with Gasteiger partial charge >= 0.3 is 0 Å². The van der Waals surface area contributed by atoms with Gasteiger partial charge in [-0.15, -0.1) is 0 Å². The molecule has 3 rings (SSSR count). The standard InChI is InChI=1S/C16H21N3O/c1-3-19-14(10-11(2)18-19)16(20)13-8-4-6-12-7-5-9-17-15(12)13/h5,7,9-10,13,16,20H,3-4,6,8H2,1-2H3. The van der Waals surface area contributed by atoms with Crippen molar-refractivity contribution in [2.24, 2.45) is 0 Å². The van der Waals surface area contributed by atoms with E-state index < -0.39 is 6.10 Å². The van der Waals surface area contributed by atoms with Crippen molar-refractivity contribution in [3.8, 4) is 0 Å². The number of hydrogen-bond acceptors (Lipinski definition) is 3. The van der Waals surface area contributed by atoms with Crippen molar-refractivity contribution in [1.82, 2.24) is 14.8 Å². The first-order valence-corrected chi connectivity index (χ1v) is 7.37. The molecule has 2 aromatic rings. The third-order valence-corrected chi connectivity index (χ3v) is 4.16. The molecule has 2 atom stereocenters. The second-order valence-electron chi connectivity index (χ2n) is 5.52. The molecule has 1 aliphatic rings. The van der Waals surface area contributed by atoms with Crippen molar-refractivity contribution in [1.29, 1.82) is 0 Å². The van der Waals surface area contributed by atoms with Gasteiger partial charge in [0.15, 0.2) is 0 Å². The summed E-state index contributed by atoms with van der Waals surface area (Å²) in [7, 11) is 0. The molecule has 2 heterocycles. The normalized spacial score (nSPS) is 19.6. The lowest BCUT2D eigenvalue weighted by molar-refractivity contribution is 0.124. The Bertz CT molecular complexity index is 606. The lowest BCUT2D eigenvalue weighted by Crippen LogP contribution is -2.21. The van der Waals surface area contributed by atoms with Crippen molar-refractivity contribution < 1.29 is 5.11 Å². The summed E-state index contributed by atoms with van der Waals surface area (Å²) in [6, 6.07) is 6.10. The van der Waals surface area contributed by atoms with E-state index in [9.17, 15) is 5.11 Å². The molecule has 0 aromatic carbocycles. The summed E-state index contributed by atoms with van der Waals surface area (Å²) in [4.78, 5) is 4.52. The summed E-state index contributed by atoms with van der Waals surface area (Å²) in [5, 5.41) is 15.3. The number of aliphatic hydroxyl groups excluding tert-OH is 1. The summed E-state index contributed by atoms with van der Waals surface area (Å²) in [5.74, 6) is 0.0846. The maximum absolute atomic E-state index is 10.8. The number of aryl methyl sites for hydroxylation is 3. The van der Waals surface area contributed by atoms with Crippen LogP contribution in [0, 0.1) is 6.92 Å². The average Bonchev–Trinajstić information content (AvgIpc) is 2.87. The number of nitrogens with zero attached hydrogens (tertiary/aromatic N) is 3. The lowest BCUT2D eigenvalue weighted by Gasteiger charge is -2.28. The van der Waals surface area contributed by atoms with Gasteiger partial charge in [-0.2, -0.15) is 5.10 Å². The van der Waals surface area contributed by atoms with E-state index in [1.165, 1.54) is 5.56 Å². The SMILES string of the molecule is CCn1nc(C)cc1C(O)C1CCCc2cccnc21. The van der Waals surface area contributed by atoms with E-state index in [1.54, 1.807) is 0 Å². The van der Waals surface area contributed by atoms with Crippen LogP contribution in [0.15, 0.2) is 24.4 Å². The minimum Gasteiger partial charge on any atom is -0.386 e. The van der Waals surface area contributed by atoms with Crippen molar-refractivity contribution in [2.45, 2.75) is 51.7 Å². The van der Waals surface area contributed by atoms with Crippen molar-refractivity contribution in [3.63, 3.8) is 0 Å². The maximum atomic E-state index is 10.8. The summed E-state index contributed by atoms with van der Waals surface area (Å²) in [5.41, 5.74) is 4.21. The Morgan fingerprint density at radius 3 is 3.15 bits per heavy atom. The zero-order valence-corrected chi connectivity index (χ0v) is 12.1. The van der Waals surface area contributed by atoms with Crippen LogP contribution < -0.4 is 0 Å². The molecule has 0 fully saturated rings. The van der Waals surface area contributed by atoms with Gasteiger partial charge in [0.25, 0.3) is 0 Å². The van der Waals surface area contributed by atoms with Gasteiger partial charge in [0.2, 0.25) is 0 Å². The zero-order valence-electron chi connectivity index (χ0n) is 12.1. The van der Waals surface area contributed by atoms with E-state index in [1.807, 2.05) is 29.9 Å². The first-order valence-electron chi connectivity index (χ1n) is 7.37. The number of aromatic nitrogens is 3. The van der Waals surface area contributed by atoms with E-state index in [0.29, 0.717) is 0 Å². The molecule has 0 radical (unpaired) electrons. The fourth-order valence-corrected chi connectivity index (χ4v) is 3.22. The van der Waals surface area contributed by atoms with Gasteiger partial charge in [0.1, 0.15) is 6.10 Å². The molecule has 2 unspecified atom stereocenters. The third-order valence-electron chi connectivity index (χ3n) is 4.16. The largest absolute Gasteiger partial charge is 0.386 e. The second-order valence-corrected chi connectivity index (χ2v) is 5.52. The summed E-state index contributed by atoms with van der Waals surface area (Å²) in [6.07, 6.45) is 4.47. The molecular formula is C16H21N3O. The summed E-state index contributed by atoms with van der Waals surface area (Å²) < 4.78 is 1.90. The first-order chi connectivity index (χ1) is 9.70. The van der Waals surface area contributed by atoms with Crippen LogP contribution in [-0.2, 0) is 13.0 Å². The minimum absolute atomic E-state index is 0.0846. The number of hydrogen-bond donors (Lipinski definition) is 1. The van der Waals surface area contributed by atoms with Crippen LogP contribution in [0.3, 0.4) is 0 Å². The van der Waals surface area contributed by atoms with Crippen LogP contribution >= 0.6 is 0 Å². The predicted molar refractivity (Wildman–Crippen MR) is 77.5 cm³/mol. The smallest absolute Gasteiger partial charge is 0.104 e. The molecular weight excluding hydrogens is 250 g/mol. The van der Waals surface area contributed by atoms with Crippen LogP contribution in [0.25, 0.3) is 0 Å². The number of pyridine rings is 1. The maximum Gasteiger partial charge on any atom is 0.104 e. The highest BCUT2D eigenvalue weighted by atomic mass is 16.3. The molecule has 0 saturated carbocycles. The molecule has 0 amide bonds. The highest BCUT2D eigenvalue weighted by Crippen LogP contribution is 2.39. The number of rotatable bonds is 3. The molecule has 4 heteroatoms. The zero-order chi connectivity index (χ0) is 14.1. The van der Waals surface area contributed by atoms with Crippen LogP contribution in [0.1, 0.15) is 54.4 Å². The monoisotopic (exact) mass is 271 g/mol. The van der Waals surface area contributed by atoms with E-state index >= 15 is 0 Å². The molecule has 0 saturated heterocycles. The predicted octanol–water partition coefficient (Wildman–Crippen LogP) is 2.76. The Morgan fingerprint density at radius 2 is 2.35 bits per heavy atom. The Balaban J connectivity index is 1.97. The first kappa shape index (κ1) is 13.3. The fraction of sp³-hybridized carbons (Fsp3) is 0.500. The van der Waals surface area contributed by atoms with Gasteiger partial charge < -0.3 is 5.11 Å². The summed E-state index contributed by atoms with van der Waals surface area (Å²) in [6.45, 7) is 4.80. The van der Waals surface area contributed by atoms with Crippen LogP contribution in [-0.4, -0.2) is 19.9 Å². The third kappa shape index (κ3) is 2.24. The molecule has 0 aliphatic heterocycles. The average molecular weight is 271 g/mol. The van der Waals surface area contributed by atoms with Gasteiger partial charge in [-0.25, -0.2) is 0 Å². The summed E-state index contributed by atoms with van der Waals surface area (Å²) >= 11 is 0. The Kier molecular flexibility index (Phi) is 3.57. The van der Waals surface area contributed by atoms with Gasteiger partial charge in [0.05, 0.1) is 11.4 Å².